The Morgan fingerprint density at radius 3 is 2.73 bits per heavy atom. The summed E-state index contributed by atoms with van der Waals surface area (Å²) in [6, 6.07) is 0.259. The van der Waals surface area contributed by atoms with Crippen LogP contribution < -0.4 is 0 Å². The highest BCUT2D eigenvalue weighted by Crippen LogP contribution is 2.19. The molecule has 5 nitrogen and oxygen atoms in total. The van der Waals surface area contributed by atoms with E-state index in [0.717, 1.165) is 24.2 Å². The topological polar surface area (TPSA) is 44.5 Å². The van der Waals surface area contributed by atoms with Gasteiger partial charge >= 0.3 is 6.18 Å². The predicted molar refractivity (Wildman–Crippen MR) is 76.3 cm³/mol. The number of hydrogen-bond acceptors (Lipinski definition) is 4. The number of β-amino-alcohol motifs (C(OH)–C–C–N with tert-alkyl or cyclic N) is 1. The fourth-order valence-corrected chi connectivity index (χ4v) is 2.85. The highest BCUT2D eigenvalue weighted by Gasteiger charge is 2.30. The van der Waals surface area contributed by atoms with Gasteiger partial charge in [0.1, 0.15) is 12.4 Å². The van der Waals surface area contributed by atoms with Crippen LogP contribution in [-0.2, 0) is 13.1 Å². The fourth-order valence-electron chi connectivity index (χ4n) is 2.85. The van der Waals surface area contributed by atoms with E-state index in [0.29, 0.717) is 18.9 Å². The molecule has 2 atom stereocenters. The summed E-state index contributed by atoms with van der Waals surface area (Å²) >= 11 is 0. The van der Waals surface area contributed by atoms with E-state index in [1.807, 2.05) is 0 Å². The molecule has 22 heavy (non-hydrogen) atoms. The molecule has 0 aromatic carbocycles. The number of imidazole rings is 1. The molecule has 0 saturated carbocycles. The molecule has 1 aliphatic heterocycles. The minimum absolute atomic E-state index is 0.259. The highest BCUT2D eigenvalue weighted by atomic mass is 19.4. The summed E-state index contributed by atoms with van der Waals surface area (Å²) in [6.07, 6.45) is -1.83. The molecule has 0 bridgehead atoms. The second kappa shape index (κ2) is 6.97. The van der Waals surface area contributed by atoms with E-state index in [2.05, 4.69) is 21.7 Å². The van der Waals surface area contributed by atoms with Crippen molar-refractivity contribution >= 4 is 0 Å². The maximum Gasteiger partial charge on any atom is 0.406 e. The molecule has 1 aliphatic rings. The Morgan fingerprint density at radius 2 is 2.14 bits per heavy atom. The molecule has 2 heterocycles. The summed E-state index contributed by atoms with van der Waals surface area (Å²) in [5.74, 6) is 0.438. The van der Waals surface area contributed by atoms with E-state index in [9.17, 15) is 18.3 Å². The third-order valence-corrected chi connectivity index (χ3v) is 3.86. The van der Waals surface area contributed by atoms with Gasteiger partial charge in [0.25, 0.3) is 0 Å². The lowest BCUT2D eigenvalue weighted by molar-refractivity contribution is -0.141. The first kappa shape index (κ1) is 17.2. The quantitative estimate of drug-likeness (QED) is 0.889. The first-order valence-electron chi connectivity index (χ1n) is 7.46. The van der Waals surface area contributed by atoms with Gasteiger partial charge < -0.3 is 9.67 Å². The first-order valence-corrected chi connectivity index (χ1v) is 7.46. The normalized spacial score (nSPS) is 22.9. The van der Waals surface area contributed by atoms with Crippen LogP contribution in [0.2, 0.25) is 0 Å². The van der Waals surface area contributed by atoms with E-state index in [4.69, 9.17) is 0 Å². The lowest BCUT2D eigenvalue weighted by Gasteiger charge is -2.40. The lowest BCUT2D eigenvalue weighted by Crippen LogP contribution is -2.53. The Bertz CT molecular complexity index is 475. The van der Waals surface area contributed by atoms with Gasteiger partial charge in [-0.25, -0.2) is 4.98 Å². The van der Waals surface area contributed by atoms with Crippen molar-refractivity contribution in [3.63, 3.8) is 0 Å². The van der Waals surface area contributed by atoms with Crippen LogP contribution in [0.3, 0.4) is 0 Å². The average molecular weight is 320 g/mol. The van der Waals surface area contributed by atoms with E-state index in [1.165, 1.54) is 12.4 Å². The Labute approximate surface area is 128 Å². The van der Waals surface area contributed by atoms with Crippen molar-refractivity contribution in [1.82, 2.24) is 19.4 Å². The van der Waals surface area contributed by atoms with Crippen molar-refractivity contribution in [3.8, 4) is 0 Å². The van der Waals surface area contributed by atoms with Crippen molar-refractivity contribution in [2.24, 2.45) is 0 Å². The Morgan fingerprint density at radius 1 is 1.41 bits per heavy atom. The van der Waals surface area contributed by atoms with Gasteiger partial charge in [-0.2, -0.15) is 13.2 Å². The number of aliphatic hydroxyl groups is 1. The van der Waals surface area contributed by atoms with Gasteiger partial charge in [0.2, 0.25) is 0 Å². The van der Waals surface area contributed by atoms with E-state index in [1.54, 1.807) is 6.92 Å². The maximum atomic E-state index is 12.5. The summed E-state index contributed by atoms with van der Waals surface area (Å²) in [5, 5.41) is 9.47. The summed E-state index contributed by atoms with van der Waals surface area (Å²) in [4.78, 5) is 8.36. The molecule has 1 N–H and O–H groups in total. The molecule has 1 saturated heterocycles. The van der Waals surface area contributed by atoms with Crippen LogP contribution in [0.5, 0.6) is 0 Å². The number of rotatable bonds is 5. The first-order chi connectivity index (χ1) is 10.2. The van der Waals surface area contributed by atoms with E-state index >= 15 is 0 Å². The number of alkyl halides is 3. The molecule has 0 amide bonds. The van der Waals surface area contributed by atoms with Crippen LogP contribution in [0.1, 0.15) is 19.7 Å². The maximum absolute atomic E-state index is 12.5. The molecular weight excluding hydrogens is 297 g/mol. The lowest BCUT2D eigenvalue weighted by atomic mass is 10.1. The summed E-state index contributed by atoms with van der Waals surface area (Å²) in [5.41, 5.74) is 0. The van der Waals surface area contributed by atoms with Crippen LogP contribution in [0.25, 0.3) is 0 Å². The number of nitrogens with zero attached hydrogens (tertiary/aromatic N) is 4. The van der Waals surface area contributed by atoms with Gasteiger partial charge in [0, 0.05) is 44.6 Å². The SMILES string of the molecule is C[C@@H](O)CN1CCN(Cc2nccn2CC(F)(F)F)C[C@@H]1C. The van der Waals surface area contributed by atoms with Gasteiger partial charge in [0.15, 0.2) is 0 Å². The zero-order valence-corrected chi connectivity index (χ0v) is 12.9. The number of halogens is 3. The average Bonchev–Trinajstić information content (AvgIpc) is 2.77. The Hall–Kier alpha value is -1.12. The van der Waals surface area contributed by atoms with Gasteiger partial charge in [-0.1, -0.05) is 0 Å². The predicted octanol–water partition coefficient (Wildman–Crippen LogP) is 1.33. The number of piperazine rings is 1. The molecule has 0 aliphatic carbocycles. The minimum atomic E-state index is -4.24. The van der Waals surface area contributed by atoms with Crippen LogP contribution in [0.4, 0.5) is 13.2 Å². The second-order valence-corrected chi connectivity index (χ2v) is 6.01. The third-order valence-electron chi connectivity index (χ3n) is 3.86. The van der Waals surface area contributed by atoms with Gasteiger partial charge in [0.05, 0.1) is 12.6 Å². The van der Waals surface area contributed by atoms with Crippen LogP contribution in [0, 0.1) is 0 Å². The molecule has 0 radical (unpaired) electrons. The Balaban J connectivity index is 1.92. The van der Waals surface area contributed by atoms with Crippen LogP contribution in [0.15, 0.2) is 12.4 Å². The molecule has 8 heteroatoms. The zero-order chi connectivity index (χ0) is 16.3. The molecule has 1 aromatic heterocycles. The summed E-state index contributed by atoms with van der Waals surface area (Å²) < 4.78 is 38.7. The Kier molecular flexibility index (Phi) is 5.46. The van der Waals surface area contributed by atoms with E-state index < -0.39 is 12.7 Å². The molecule has 126 valence electrons. The van der Waals surface area contributed by atoms with Crippen molar-refractivity contribution in [1.29, 1.82) is 0 Å². The number of hydrogen-bond donors (Lipinski definition) is 1. The summed E-state index contributed by atoms with van der Waals surface area (Å²) in [7, 11) is 0. The van der Waals surface area contributed by atoms with Gasteiger partial charge in [-0.3, -0.25) is 9.80 Å². The standard InChI is InChI=1S/C14H23F3N4O/c1-11-7-19(5-6-20(11)8-12(2)22)9-13-18-3-4-21(13)10-14(15,16)17/h3-4,11-12,22H,5-10H2,1-2H3/t11-,12+/m0/s1. The molecule has 1 aromatic rings. The highest BCUT2D eigenvalue weighted by molar-refractivity contribution is 4.94. The van der Waals surface area contributed by atoms with Crippen molar-refractivity contribution in [3.05, 3.63) is 18.2 Å². The van der Waals surface area contributed by atoms with Crippen molar-refractivity contribution in [2.75, 3.05) is 26.2 Å². The number of aliphatic hydroxyl groups excluding tert-OH is 1. The molecule has 1 fully saturated rings. The smallest absolute Gasteiger partial charge is 0.392 e. The monoisotopic (exact) mass is 320 g/mol. The minimum Gasteiger partial charge on any atom is -0.392 e. The summed E-state index contributed by atoms with van der Waals surface area (Å²) in [6.45, 7) is 6.17. The van der Waals surface area contributed by atoms with E-state index in [-0.39, 0.29) is 12.1 Å². The molecule has 0 unspecified atom stereocenters. The van der Waals surface area contributed by atoms with Crippen LogP contribution >= 0.6 is 0 Å². The zero-order valence-electron chi connectivity index (χ0n) is 12.9. The van der Waals surface area contributed by atoms with Crippen molar-refractivity contribution in [2.45, 2.75) is 45.3 Å². The molecule has 2 rings (SSSR count). The largest absolute Gasteiger partial charge is 0.406 e. The van der Waals surface area contributed by atoms with Crippen molar-refractivity contribution < 1.29 is 18.3 Å². The second-order valence-electron chi connectivity index (χ2n) is 6.01. The van der Waals surface area contributed by atoms with Gasteiger partial charge in [-0.15, -0.1) is 0 Å². The molecule has 0 spiro atoms. The van der Waals surface area contributed by atoms with Gasteiger partial charge in [-0.05, 0) is 13.8 Å². The fraction of sp³-hybridized carbons (Fsp3) is 0.786. The van der Waals surface area contributed by atoms with Crippen LogP contribution in [-0.4, -0.2) is 69.0 Å². The third kappa shape index (κ3) is 4.96. The molecular formula is C14H23F3N4O. The number of aromatic nitrogens is 2.